The minimum atomic E-state index is -1.14. The van der Waals surface area contributed by atoms with E-state index in [1.54, 1.807) is 6.92 Å². The monoisotopic (exact) mass is 348 g/mol. The highest BCUT2D eigenvalue weighted by molar-refractivity contribution is 7.13. The summed E-state index contributed by atoms with van der Waals surface area (Å²) in [7, 11) is 0. The second-order valence-corrected chi connectivity index (χ2v) is 7.12. The molecule has 0 atom stereocenters. The van der Waals surface area contributed by atoms with Gasteiger partial charge in [0, 0.05) is 0 Å². The van der Waals surface area contributed by atoms with E-state index in [1.807, 2.05) is 17.5 Å². The van der Waals surface area contributed by atoms with Crippen LogP contribution in [-0.4, -0.2) is 27.5 Å². The molecule has 0 aromatic carbocycles. The number of rotatable bonds is 5. The summed E-state index contributed by atoms with van der Waals surface area (Å²) in [6.45, 7) is 1.76. The van der Waals surface area contributed by atoms with Crippen LogP contribution in [0.2, 0.25) is 0 Å². The average molecular weight is 348 g/mol. The lowest BCUT2D eigenvalue weighted by Crippen LogP contribution is -2.56. The first-order valence-corrected chi connectivity index (χ1v) is 8.93. The number of carboxylic acids is 1. The number of nitrogens with one attached hydrogen (secondary N) is 1. The Morgan fingerprint density at radius 1 is 1.38 bits per heavy atom. The van der Waals surface area contributed by atoms with Crippen LogP contribution < -0.4 is 5.32 Å². The first-order chi connectivity index (χ1) is 11.5. The minimum absolute atomic E-state index is 0.0236. The number of oxazole rings is 1. The highest BCUT2D eigenvalue weighted by atomic mass is 32.1. The van der Waals surface area contributed by atoms with Gasteiger partial charge in [-0.15, -0.1) is 11.3 Å². The van der Waals surface area contributed by atoms with Gasteiger partial charge in [0.25, 0.3) is 0 Å². The van der Waals surface area contributed by atoms with Crippen molar-refractivity contribution in [2.24, 2.45) is 0 Å². The van der Waals surface area contributed by atoms with Crippen LogP contribution in [-0.2, 0) is 16.0 Å². The van der Waals surface area contributed by atoms with Gasteiger partial charge in [-0.3, -0.25) is 4.79 Å². The molecule has 1 fully saturated rings. The van der Waals surface area contributed by atoms with E-state index in [1.165, 1.54) is 11.3 Å². The molecule has 128 valence electrons. The number of hydrogen-bond donors (Lipinski definition) is 2. The fraction of sp³-hybridized carbons (Fsp3) is 0.471. The van der Waals surface area contributed by atoms with Crippen LogP contribution in [0.3, 0.4) is 0 Å². The van der Waals surface area contributed by atoms with Crippen molar-refractivity contribution >= 4 is 23.2 Å². The summed E-state index contributed by atoms with van der Waals surface area (Å²) in [5, 5.41) is 14.2. The Morgan fingerprint density at radius 2 is 2.12 bits per heavy atom. The second-order valence-electron chi connectivity index (χ2n) is 6.17. The van der Waals surface area contributed by atoms with Gasteiger partial charge in [-0.2, -0.15) is 0 Å². The second kappa shape index (κ2) is 6.76. The fourth-order valence-corrected chi connectivity index (χ4v) is 3.76. The molecule has 0 bridgehead atoms. The lowest BCUT2D eigenvalue weighted by Gasteiger charge is -2.33. The van der Waals surface area contributed by atoms with Crippen molar-refractivity contribution in [2.75, 3.05) is 0 Å². The Balaban J connectivity index is 1.71. The van der Waals surface area contributed by atoms with E-state index in [4.69, 9.17) is 4.42 Å². The van der Waals surface area contributed by atoms with Crippen molar-refractivity contribution in [1.82, 2.24) is 10.3 Å². The molecule has 0 saturated heterocycles. The lowest BCUT2D eigenvalue weighted by molar-refractivity contribution is -0.149. The molecule has 1 amide bonds. The van der Waals surface area contributed by atoms with Crippen molar-refractivity contribution < 1.29 is 19.1 Å². The number of aromatic nitrogens is 1. The van der Waals surface area contributed by atoms with Gasteiger partial charge in [-0.25, -0.2) is 9.78 Å². The number of aliphatic carboxylic acids is 1. The molecule has 2 aromatic rings. The van der Waals surface area contributed by atoms with Gasteiger partial charge in [0.2, 0.25) is 11.8 Å². The predicted molar refractivity (Wildman–Crippen MR) is 89.9 cm³/mol. The van der Waals surface area contributed by atoms with E-state index in [9.17, 15) is 14.7 Å². The van der Waals surface area contributed by atoms with E-state index in [0.29, 0.717) is 30.2 Å². The van der Waals surface area contributed by atoms with Crippen LogP contribution in [0.1, 0.15) is 43.6 Å². The molecule has 0 spiro atoms. The molecule has 6 nitrogen and oxygen atoms in total. The SMILES string of the molecule is Cc1oc(-c2cccs2)nc1CC(=O)NC1(C(=O)O)CCCCC1. The third-order valence-electron chi connectivity index (χ3n) is 4.45. The van der Waals surface area contributed by atoms with Crippen LogP contribution in [0.4, 0.5) is 0 Å². The summed E-state index contributed by atoms with van der Waals surface area (Å²) in [4.78, 5) is 29.3. The Morgan fingerprint density at radius 3 is 2.75 bits per heavy atom. The molecular weight excluding hydrogens is 328 g/mol. The Hall–Kier alpha value is -2.15. The fourth-order valence-electron chi connectivity index (χ4n) is 3.11. The Kier molecular flexibility index (Phi) is 4.71. The van der Waals surface area contributed by atoms with Gasteiger partial charge < -0.3 is 14.8 Å². The van der Waals surface area contributed by atoms with Gasteiger partial charge in [-0.05, 0) is 31.2 Å². The van der Waals surface area contributed by atoms with Crippen molar-refractivity contribution in [3.8, 4) is 10.8 Å². The van der Waals surface area contributed by atoms with Gasteiger partial charge in [0.15, 0.2) is 0 Å². The molecule has 2 N–H and O–H groups in total. The van der Waals surface area contributed by atoms with E-state index >= 15 is 0 Å². The summed E-state index contributed by atoms with van der Waals surface area (Å²) in [6.07, 6.45) is 3.63. The maximum absolute atomic E-state index is 12.4. The zero-order valence-corrected chi connectivity index (χ0v) is 14.3. The average Bonchev–Trinajstić information content (AvgIpc) is 3.18. The number of hydrogen-bond acceptors (Lipinski definition) is 5. The first-order valence-electron chi connectivity index (χ1n) is 8.05. The molecule has 2 aromatic heterocycles. The quantitative estimate of drug-likeness (QED) is 0.866. The summed E-state index contributed by atoms with van der Waals surface area (Å²) >= 11 is 1.51. The van der Waals surface area contributed by atoms with Crippen LogP contribution in [0.25, 0.3) is 10.8 Å². The van der Waals surface area contributed by atoms with Gasteiger partial charge >= 0.3 is 5.97 Å². The van der Waals surface area contributed by atoms with Crippen LogP contribution in [0, 0.1) is 6.92 Å². The number of amides is 1. The minimum Gasteiger partial charge on any atom is -0.480 e. The highest BCUT2D eigenvalue weighted by Crippen LogP contribution is 2.29. The van der Waals surface area contributed by atoms with Crippen molar-refractivity contribution in [2.45, 2.75) is 51.0 Å². The van der Waals surface area contributed by atoms with E-state index < -0.39 is 11.5 Å². The largest absolute Gasteiger partial charge is 0.480 e. The topological polar surface area (TPSA) is 92.4 Å². The number of carbonyl (C=O) groups excluding carboxylic acids is 1. The molecular formula is C17H20N2O4S. The van der Waals surface area contributed by atoms with E-state index in [-0.39, 0.29) is 12.3 Å². The van der Waals surface area contributed by atoms with Crippen molar-refractivity contribution in [1.29, 1.82) is 0 Å². The summed E-state index contributed by atoms with van der Waals surface area (Å²) in [5.41, 5.74) is -0.587. The Bertz CT molecular complexity index is 730. The maximum Gasteiger partial charge on any atom is 0.329 e. The first kappa shape index (κ1) is 16.7. The van der Waals surface area contributed by atoms with E-state index in [2.05, 4.69) is 10.3 Å². The summed E-state index contributed by atoms with van der Waals surface area (Å²) < 4.78 is 5.63. The summed E-state index contributed by atoms with van der Waals surface area (Å²) in [6, 6.07) is 3.81. The Labute approximate surface area is 143 Å². The van der Waals surface area contributed by atoms with Gasteiger partial charge in [-0.1, -0.05) is 25.3 Å². The van der Waals surface area contributed by atoms with Crippen LogP contribution >= 0.6 is 11.3 Å². The molecule has 1 aliphatic carbocycles. The van der Waals surface area contributed by atoms with Crippen LogP contribution in [0.5, 0.6) is 0 Å². The van der Waals surface area contributed by atoms with E-state index in [0.717, 1.165) is 24.1 Å². The van der Waals surface area contributed by atoms with Crippen molar-refractivity contribution in [3.63, 3.8) is 0 Å². The number of nitrogens with zero attached hydrogens (tertiary/aromatic N) is 1. The molecule has 2 heterocycles. The smallest absolute Gasteiger partial charge is 0.329 e. The third-order valence-corrected chi connectivity index (χ3v) is 5.31. The molecule has 0 radical (unpaired) electrons. The number of carbonyl (C=O) groups is 2. The predicted octanol–water partition coefficient (Wildman–Crippen LogP) is 3.16. The molecule has 24 heavy (non-hydrogen) atoms. The molecule has 3 rings (SSSR count). The number of aryl methyl sites for hydroxylation is 1. The highest BCUT2D eigenvalue weighted by Gasteiger charge is 2.41. The van der Waals surface area contributed by atoms with Gasteiger partial charge in [0.1, 0.15) is 11.3 Å². The zero-order valence-electron chi connectivity index (χ0n) is 13.5. The lowest BCUT2D eigenvalue weighted by atomic mass is 9.81. The summed E-state index contributed by atoms with van der Waals surface area (Å²) in [5.74, 6) is -0.197. The third kappa shape index (κ3) is 3.36. The van der Waals surface area contributed by atoms with Gasteiger partial charge in [0.05, 0.1) is 17.0 Å². The molecule has 0 unspecified atom stereocenters. The molecule has 7 heteroatoms. The van der Waals surface area contributed by atoms with Crippen LogP contribution in [0.15, 0.2) is 21.9 Å². The maximum atomic E-state index is 12.4. The number of carboxylic acid groups (broad SMARTS) is 1. The van der Waals surface area contributed by atoms with Crippen molar-refractivity contribution in [3.05, 3.63) is 29.0 Å². The zero-order chi connectivity index (χ0) is 17.2. The molecule has 0 aliphatic heterocycles. The number of thiophene rings is 1. The molecule has 1 saturated carbocycles. The standard InChI is InChI=1S/C17H20N2O4S/c1-11-12(18-15(23-11)13-6-5-9-24-13)10-14(20)19-17(16(21)22)7-3-2-4-8-17/h5-6,9H,2-4,7-8,10H2,1H3,(H,19,20)(H,21,22). The molecule has 1 aliphatic rings. The normalized spacial score (nSPS) is 16.7.